The molecule has 2 N–H and O–H groups in total. The van der Waals surface area contributed by atoms with Crippen molar-refractivity contribution in [1.82, 2.24) is 14.7 Å². The standard InChI is InChI=1S/C20H19ClN4O2/c21-14-9-3-4-10-15(14)23-19(26)17-16-11-5-6-12-25(16)18(24-17)20(27)22-13-7-1-2-8-13/h3-6,9-13H,1-2,7-8H2,(H,22,27)(H,23,26). The minimum atomic E-state index is -0.410. The Kier molecular flexibility index (Phi) is 4.81. The van der Waals surface area contributed by atoms with E-state index in [1.54, 1.807) is 47.0 Å². The number of carbonyl (C=O) groups is 2. The molecular weight excluding hydrogens is 364 g/mol. The first-order valence-electron chi connectivity index (χ1n) is 8.97. The third-order valence-corrected chi connectivity index (χ3v) is 5.11. The second kappa shape index (κ2) is 7.40. The van der Waals surface area contributed by atoms with E-state index in [-0.39, 0.29) is 23.5 Å². The minimum Gasteiger partial charge on any atom is -0.347 e. The van der Waals surface area contributed by atoms with Crippen molar-refractivity contribution in [2.75, 3.05) is 5.32 Å². The molecule has 0 radical (unpaired) electrons. The number of hydrogen-bond acceptors (Lipinski definition) is 3. The Balaban J connectivity index is 1.66. The maximum atomic E-state index is 12.8. The number of nitrogens with one attached hydrogen (secondary N) is 2. The fourth-order valence-corrected chi connectivity index (χ4v) is 3.61. The van der Waals surface area contributed by atoms with Gasteiger partial charge >= 0.3 is 0 Å². The molecule has 1 aliphatic rings. The van der Waals surface area contributed by atoms with Crippen LogP contribution in [0.15, 0.2) is 48.7 Å². The van der Waals surface area contributed by atoms with Crippen LogP contribution in [0.3, 0.4) is 0 Å². The monoisotopic (exact) mass is 382 g/mol. The average Bonchev–Trinajstić information content (AvgIpc) is 3.31. The van der Waals surface area contributed by atoms with Crippen LogP contribution >= 0.6 is 11.6 Å². The number of carbonyl (C=O) groups excluding carboxylic acids is 2. The van der Waals surface area contributed by atoms with Crippen LogP contribution in [0, 0.1) is 0 Å². The Bertz CT molecular complexity index is 1010. The van der Waals surface area contributed by atoms with Crippen molar-refractivity contribution < 1.29 is 9.59 Å². The van der Waals surface area contributed by atoms with E-state index >= 15 is 0 Å². The summed E-state index contributed by atoms with van der Waals surface area (Å²) in [6.07, 6.45) is 5.94. The Labute approximate surface area is 161 Å². The number of para-hydroxylation sites is 1. The molecule has 3 aromatic rings. The summed E-state index contributed by atoms with van der Waals surface area (Å²) in [5.74, 6) is -0.464. The third kappa shape index (κ3) is 3.53. The molecule has 2 heterocycles. The van der Waals surface area contributed by atoms with Gasteiger partial charge in [0.25, 0.3) is 11.8 Å². The van der Waals surface area contributed by atoms with Crippen molar-refractivity contribution in [3.05, 3.63) is 65.2 Å². The first kappa shape index (κ1) is 17.5. The lowest BCUT2D eigenvalue weighted by atomic mass is 10.2. The molecule has 1 aliphatic carbocycles. The van der Waals surface area contributed by atoms with Gasteiger partial charge in [0, 0.05) is 12.2 Å². The highest BCUT2D eigenvalue weighted by Gasteiger charge is 2.24. The number of nitrogens with zero attached hydrogens (tertiary/aromatic N) is 2. The van der Waals surface area contributed by atoms with E-state index in [2.05, 4.69) is 15.6 Å². The number of pyridine rings is 1. The normalized spacial score (nSPS) is 14.4. The molecular formula is C20H19ClN4O2. The Hall–Kier alpha value is -2.86. The van der Waals surface area contributed by atoms with Gasteiger partial charge in [-0.1, -0.05) is 42.6 Å². The molecule has 6 nitrogen and oxygen atoms in total. The van der Waals surface area contributed by atoms with Crippen molar-refractivity contribution in [3.8, 4) is 0 Å². The maximum Gasteiger partial charge on any atom is 0.287 e. The number of amides is 2. The Morgan fingerprint density at radius 2 is 1.78 bits per heavy atom. The molecule has 27 heavy (non-hydrogen) atoms. The van der Waals surface area contributed by atoms with Gasteiger partial charge < -0.3 is 10.6 Å². The van der Waals surface area contributed by atoms with Crippen LogP contribution in [-0.2, 0) is 0 Å². The average molecular weight is 383 g/mol. The van der Waals surface area contributed by atoms with Crippen molar-refractivity contribution in [3.63, 3.8) is 0 Å². The number of aromatic nitrogens is 2. The zero-order valence-corrected chi connectivity index (χ0v) is 15.4. The highest BCUT2D eigenvalue weighted by atomic mass is 35.5. The van der Waals surface area contributed by atoms with E-state index in [0.29, 0.717) is 16.2 Å². The van der Waals surface area contributed by atoms with E-state index in [1.165, 1.54) is 0 Å². The van der Waals surface area contributed by atoms with E-state index in [4.69, 9.17) is 11.6 Å². The second-order valence-corrected chi connectivity index (χ2v) is 7.04. The molecule has 2 aromatic heterocycles. The Morgan fingerprint density at radius 1 is 1.04 bits per heavy atom. The molecule has 7 heteroatoms. The van der Waals surface area contributed by atoms with Crippen LogP contribution in [0.2, 0.25) is 5.02 Å². The van der Waals surface area contributed by atoms with Gasteiger partial charge in [-0.25, -0.2) is 4.98 Å². The smallest absolute Gasteiger partial charge is 0.287 e. The fourth-order valence-electron chi connectivity index (χ4n) is 3.43. The first-order valence-corrected chi connectivity index (χ1v) is 9.35. The SMILES string of the molecule is O=C(Nc1ccccc1Cl)c1nc(C(=O)NC2CCCC2)n2ccccc12. The zero-order valence-electron chi connectivity index (χ0n) is 14.6. The van der Waals surface area contributed by atoms with Crippen LogP contribution < -0.4 is 10.6 Å². The van der Waals surface area contributed by atoms with E-state index < -0.39 is 5.91 Å². The van der Waals surface area contributed by atoms with Crippen LogP contribution in [0.1, 0.15) is 46.8 Å². The summed E-state index contributed by atoms with van der Waals surface area (Å²) in [6, 6.07) is 12.5. The summed E-state index contributed by atoms with van der Waals surface area (Å²) >= 11 is 6.12. The molecule has 4 rings (SSSR count). The largest absolute Gasteiger partial charge is 0.347 e. The highest BCUT2D eigenvalue weighted by molar-refractivity contribution is 6.34. The molecule has 2 amide bonds. The van der Waals surface area contributed by atoms with Crippen molar-refractivity contribution in [2.24, 2.45) is 0 Å². The summed E-state index contributed by atoms with van der Waals surface area (Å²) in [6.45, 7) is 0. The number of fused-ring (bicyclic) bond motifs is 1. The van der Waals surface area contributed by atoms with Crippen LogP contribution in [0.4, 0.5) is 5.69 Å². The summed E-state index contributed by atoms with van der Waals surface area (Å²) in [7, 11) is 0. The zero-order chi connectivity index (χ0) is 18.8. The lowest BCUT2D eigenvalue weighted by Crippen LogP contribution is -2.33. The van der Waals surface area contributed by atoms with Gasteiger partial charge in [0.15, 0.2) is 5.69 Å². The quantitative estimate of drug-likeness (QED) is 0.718. The predicted molar refractivity (Wildman–Crippen MR) is 104 cm³/mol. The molecule has 1 fully saturated rings. The number of hydrogen-bond donors (Lipinski definition) is 2. The van der Waals surface area contributed by atoms with Gasteiger partial charge in [-0.05, 0) is 37.1 Å². The molecule has 0 aliphatic heterocycles. The Morgan fingerprint density at radius 3 is 2.56 bits per heavy atom. The number of halogens is 1. The lowest BCUT2D eigenvalue weighted by Gasteiger charge is -2.10. The van der Waals surface area contributed by atoms with Gasteiger partial charge in [-0.2, -0.15) is 0 Å². The van der Waals surface area contributed by atoms with E-state index in [0.717, 1.165) is 25.7 Å². The van der Waals surface area contributed by atoms with Gasteiger partial charge in [0.1, 0.15) is 0 Å². The predicted octanol–water partition coefficient (Wildman–Crippen LogP) is 3.91. The van der Waals surface area contributed by atoms with E-state index in [1.807, 2.05) is 6.07 Å². The molecule has 0 unspecified atom stereocenters. The van der Waals surface area contributed by atoms with Gasteiger partial charge in [-0.3, -0.25) is 14.0 Å². The first-order chi connectivity index (χ1) is 13.1. The third-order valence-electron chi connectivity index (χ3n) is 4.78. The maximum absolute atomic E-state index is 12.8. The lowest BCUT2D eigenvalue weighted by molar-refractivity contribution is 0.0926. The number of anilines is 1. The minimum absolute atomic E-state index is 0.175. The highest BCUT2D eigenvalue weighted by Crippen LogP contribution is 2.23. The molecule has 0 spiro atoms. The van der Waals surface area contributed by atoms with Crippen LogP contribution in [-0.4, -0.2) is 27.2 Å². The molecule has 1 aromatic carbocycles. The van der Waals surface area contributed by atoms with Gasteiger partial charge in [0.2, 0.25) is 5.82 Å². The molecule has 1 saturated carbocycles. The van der Waals surface area contributed by atoms with Crippen LogP contribution in [0.5, 0.6) is 0 Å². The number of benzene rings is 1. The molecule has 0 saturated heterocycles. The topological polar surface area (TPSA) is 75.5 Å². The van der Waals surface area contributed by atoms with Gasteiger partial charge in [0.05, 0.1) is 16.2 Å². The number of imidazole rings is 1. The van der Waals surface area contributed by atoms with Crippen molar-refractivity contribution in [2.45, 2.75) is 31.7 Å². The molecule has 0 bridgehead atoms. The molecule has 0 atom stereocenters. The van der Waals surface area contributed by atoms with E-state index in [9.17, 15) is 9.59 Å². The fraction of sp³-hybridized carbons (Fsp3) is 0.250. The van der Waals surface area contributed by atoms with Crippen molar-refractivity contribution >= 4 is 34.6 Å². The van der Waals surface area contributed by atoms with Gasteiger partial charge in [-0.15, -0.1) is 0 Å². The summed E-state index contributed by atoms with van der Waals surface area (Å²) < 4.78 is 1.64. The van der Waals surface area contributed by atoms with Crippen molar-refractivity contribution in [1.29, 1.82) is 0 Å². The number of rotatable bonds is 4. The summed E-state index contributed by atoms with van der Waals surface area (Å²) in [5, 5.41) is 6.23. The summed E-state index contributed by atoms with van der Waals surface area (Å²) in [4.78, 5) is 29.9. The summed E-state index contributed by atoms with van der Waals surface area (Å²) in [5.41, 5.74) is 1.25. The molecule has 138 valence electrons. The second-order valence-electron chi connectivity index (χ2n) is 6.63. The van der Waals surface area contributed by atoms with Crippen LogP contribution in [0.25, 0.3) is 5.52 Å².